The van der Waals surface area contributed by atoms with Crippen molar-refractivity contribution >= 4 is 23.7 Å². The van der Waals surface area contributed by atoms with Crippen LogP contribution in [0.2, 0.25) is 5.02 Å². The van der Waals surface area contributed by atoms with Crippen LogP contribution in [0.1, 0.15) is 12.5 Å². The number of ether oxygens (including phenoxy) is 2. The first kappa shape index (κ1) is 16.8. The predicted molar refractivity (Wildman–Crippen MR) is 90.3 cm³/mol. The van der Waals surface area contributed by atoms with Crippen LogP contribution in [0.15, 0.2) is 53.6 Å². The summed E-state index contributed by atoms with van der Waals surface area (Å²) in [5.74, 6) is 0.888. The molecule has 0 fully saturated rings. The molecule has 0 saturated carbocycles. The van der Waals surface area contributed by atoms with E-state index in [-0.39, 0.29) is 5.91 Å². The van der Waals surface area contributed by atoms with E-state index in [1.807, 2.05) is 24.3 Å². The topological polar surface area (TPSA) is 59.9 Å². The Labute approximate surface area is 139 Å². The van der Waals surface area contributed by atoms with Crippen molar-refractivity contribution in [1.29, 1.82) is 0 Å². The lowest BCUT2D eigenvalue weighted by molar-refractivity contribution is -0.127. The van der Waals surface area contributed by atoms with Crippen molar-refractivity contribution in [2.24, 2.45) is 5.10 Å². The highest BCUT2D eigenvalue weighted by Crippen LogP contribution is 2.18. The van der Waals surface area contributed by atoms with Crippen LogP contribution < -0.4 is 14.9 Å². The number of benzene rings is 2. The zero-order chi connectivity index (χ0) is 16.7. The molecule has 5 nitrogen and oxygen atoms in total. The number of nitrogens with zero attached hydrogens (tertiary/aromatic N) is 1. The first-order valence-electron chi connectivity index (χ1n) is 6.97. The summed E-state index contributed by atoms with van der Waals surface area (Å²) >= 11 is 5.87. The van der Waals surface area contributed by atoms with E-state index in [9.17, 15) is 4.79 Å². The molecular formula is C17H17ClN2O3. The van der Waals surface area contributed by atoms with Crippen LogP contribution in [0.4, 0.5) is 0 Å². The molecule has 120 valence electrons. The van der Waals surface area contributed by atoms with Gasteiger partial charge in [-0.25, -0.2) is 5.43 Å². The Balaban J connectivity index is 1.89. The van der Waals surface area contributed by atoms with Gasteiger partial charge in [-0.05, 0) is 42.8 Å². The third kappa shape index (κ3) is 5.30. The van der Waals surface area contributed by atoms with Crippen LogP contribution in [-0.2, 0) is 4.79 Å². The minimum Gasteiger partial charge on any atom is -0.497 e. The van der Waals surface area contributed by atoms with Crippen LogP contribution in [0, 0.1) is 0 Å². The Bertz CT molecular complexity index is 704. The highest BCUT2D eigenvalue weighted by molar-refractivity contribution is 6.30. The van der Waals surface area contributed by atoms with E-state index in [2.05, 4.69) is 10.5 Å². The van der Waals surface area contributed by atoms with Gasteiger partial charge in [0.1, 0.15) is 11.5 Å². The molecule has 0 unspecified atom stereocenters. The number of methoxy groups -OCH3 is 1. The second kappa shape index (κ2) is 8.19. The molecule has 2 rings (SSSR count). The Hall–Kier alpha value is -2.53. The first-order valence-corrected chi connectivity index (χ1v) is 7.35. The van der Waals surface area contributed by atoms with Gasteiger partial charge in [-0.2, -0.15) is 5.10 Å². The number of hydrazone groups is 1. The Morgan fingerprint density at radius 1 is 1.22 bits per heavy atom. The second-order valence-electron chi connectivity index (χ2n) is 4.73. The third-order valence-corrected chi connectivity index (χ3v) is 3.20. The molecule has 0 bridgehead atoms. The summed E-state index contributed by atoms with van der Waals surface area (Å²) in [6.07, 6.45) is 0.836. The van der Waals surface area contributed by atoms with E-state index < -0.39 is 6.10 Å². The molecule has 0 heterocycles. The van der Waals surface area contributed by atoms with Gasteiger partial charge in [0.15, 0.2) is 6.10 Å². The van der Waals surface area contributed by atoms with Crippen molar-refractivity contribution in [3.8, 4) is 11.5 Å². The maximum absolute atomic E-state index is 11.9. The molecule has 1 atom stereocenters. The summed E-state index contributed by atoms with van der Waals surface area (Å²) in [6, 6.07) is 14.2. The molecule has 0 spiro atoms. The Morgan fingerprint density at radius 3 is 2.70 bits per heavy atom. The molecule has 2 aromatic carbocycles. The molecule has 0 aliphatic rings. The van der Waals surface area contributed by atoms with Gasteiger partial charge in [0.25, 0.3) is 5.91 Å². The number of halogens is 1. The maximum atomic E-state index is 11.9. The van der Waals surface area contributed by atoms with Gasteiger partial charge < -0.3 is 9.47 Å². The molecule has 0 radical (unpaired) electrons. The molecule has 0 aromatic heterocycles. The average Bonchev–Trinajstić information content (AvgIpc) is 2.55. The van der Waals surface area contributed by atoms with E-state index in [4.69, 9.17) is 21.1 Å². The van der Waals surface area contributed by atoms with Gasteiger partial charge in [0.2, 0.25) is 0 Å². The lowest BCUT2D eigenvalue weighted by Gasteiger charge is -2.12. The maximum Gasteiger partial charge on any atom is 0.280 e. The molecule has 0 saturated heterocycles. The summed E-state index contributed by atoms with van der Waals surface area (Å²) in [5, 5.41) is 4.46. The molecule has 2 aromatic rings. The fourth-order valence-electron chi connectivity index (χ4n) is 1.78. The highest BCUT2D eigenvalue weighted by atomic mass is 35.5. The van der Waals surface area contributed by atoms with E-state index in [1.54, 1.807) is 38.3 Å². The third-order valence-electron chi connectivity index (χ3n) is 2.96. The number of amides is 1. The summed E-state index contributed by atoms with van der Waals surface area (Å²) in [4.78, 5) is 11.9. The summed E-state index contributed by atoms with van der Waals surface area (Å²) in [7, 11) is 1.59. The fourth-order valence-corrected chi connectivity index (χ4v) is 1.96. The lowest BCUT2D eigenvalue weighted by Crippen LogP contribution is -2.33. The molecule has 0 aliphatic heterocycles. The summed E-state index contributed by atoms with van der Waals surface area (Å²) in [5.41, 5.74) is 3.25. The minimum atomic E-state index is -0.698. The number of carbonyl (C=O) groups is 1. The van der Waals surface area contributed by atoms with Gasteiger partial charge in [-0.3, -0.25) is 4.79 Å². The van der Waals surface area contributed by atoms with Gasteiger partial charge in [0, 0.05) is 5.02 Å². The second-order valence-corrected chi connectivity index (χ2v) is 5.16. The largest absolute Gasteiger partial charge is 0.497 e. The summed E-state index contributed by atoms with van der Waals surface area (Å²) < 4.78 is 10.6. The number of hydrogen-bond acceptors (Lipinski definition) is 4. The van der Waals surface area contributed by atoms with Crippen LogP contribution in [-0.4, -0.2) is 25.3 Å². The van der Waals surface area contributed by atoms with Crippen molar-refractivity contribution in [3.05, 3.63) is 59.1 Å². The molecule has 0 aliphatic carbocycles. The number of nitrogens with one attached hydrogen (secondary N) is 1. The van der Waals surface area contributed by atoms with E-state index >= 15 is 0 Å². The first-order chi connectivity index (χ1) is 11.1. The number of carbonyl (C=O) groups excluding carboxylic acids is 1. The minimum absolute atomic E-state index is 0.357. The Kier molecular flexibility index (Phi) is 6.00. The fraction of sp³-hybridized carbons (Fsp3) is 0.176. The van der Waals surface area contributed by atoms with Crippen molar-refractivity contribution in [3.63, 3.8) is 0 Å². The predicted octanol–water partition coefficient (Wildman–Crippen LogP) is 3.27. The van der Waals surface area contributed by atoms with Crippen LogP contribution in [0.5, 0.6) is 11.5 Å². The SMILES string of the molecule is COc1cccc(/C=N\NC(=O)[C@@H](C)Oc2cccc(Cl)c2)c1. The van der Waals surface area contributed by atoms with E-state index in [0.717, 1.165) is 11.3 Å². The van der Waals surface area contributed by atoms with Crippen LogP contribution >= 0.6 is 11.6 Å². The van der Waals surface area contributed by atoms with Gasteiger partial charge in [-0.15, -0.1) is 0 Å². The molecule has 23 heavy (non-hydrogen) atoms. The normalized spacial score (nSPS) is 12.0. The highest BCUT2D eigenvalue weighted by Gasteiger charge is 2.13. The van der Waals surface area contributed by atoms with Crippen LogP contribution in [0.3, 0.4) is 0 Å². The lowest BCUT2D eigenvalue weighted by atomic mass is 10.2. The van der Waals surface area contributed by atoms with E-state index in [1.165, 1.54) is 6.21 Å². The zero-order valence-electron chi connectivity index (χ0n) is 12.8. The van der Waals surface area contributed by atoms with E-state index in [0.29, 0.717) is 10.8 Å². The molecular weight excluding hydrogens is 316 g/mol. The van der Waals surface area contributed by atoms with Crippen molar-refractivity contribution in [2.45, 2.75) is 13.0 Å². The van der Waals surface area contributed by atoms with Gasteiger partial charge in [-0.1, -0.05) is 29.8 Å². The number of hydrogen-bond donors (Lipinski definition) is 1. The standard InChI is InChI=1S/C17H17ClN2O3/c1-12(23-16-8-4-6-14(18)10-16)17(21)20-19-11-13-5-3-7-15(9-13)22-2/h3-12H,1-2H3,(H,20,21)/b19-11-/t12-/m1/s1. The average molecular weight is 333 g/mol. The molecule has 6 heteroatoms. The Morgan fingerprint density at radius 2 is 1.96 bits per heavy atom. The van der Waals surface area contributed by atoms with Crippen molar-refractivity contribution in [1.82, 2.24) is 5.43 Å². The molecule has 1 amide bonds. The van der Waals surface area contributed by atoms with Gasteiger partial charge in [0.05, 0.1) is 13.3 Å². The van der Waals surface area contributed by atoms with Crippen molar-refractivity contribution < 1.29 is 14.3 Å². The zero-order valence-corrected chi connectivity index (χ0v) is 13.6. The summed E-state index contributed by atoms with van der Waals surface area (Å²) in [6.45, 7) is 1.64. The number of rotatable bonds is 6. The monoisotopic (exact) mass is 332 g/mol. The molecule has 1 N–H and O–H groups in total. The van der Waals surface area contributed by atoms with Crippen LogP contribution in [0.25, 0.3) is 0 Å². The smallest absolute Gasteiger partial charge is 0.280 e. The van der Waals surface area contributed by atoms with Gasteiger partial charge >= 0.3 is 0 Å². The quantitative estimate of drug-likeness (QED) is 0.652. The van der Waals surface area contributed by atoms with Crippen molar-refractivity contribution in [2.75, 3.05) is 7.11 Å².